The molecule has 0 fully saturated rings. The third-order valence-electron chi connectivity index (χ3n) is 4.37. The summed E-state index contributed by atoms with van der Waals surface area (Å²) in [5, 5.41) is 6.87. The van der Waals surface area contributed by atoms with Crippen molar-refractivity contribution in [1.82, 2.24) is 10.2 Å². The maximum absolute atomic E-state index is 13.1. The van der Waals surface area contributed by atoms with Gasteiger partial charge in [-0.15, -0.1) is 0 Å². The topological polar surface area (TPSA) is 67.1 Å². The predicted octanol–water partition coefficient (Wildman–Crippen LogP) is 6.54. The summed E-state index contributed by atoms with van der Waals surface area (Å²) in [6.07, 6.45) is 7.65. The monoisotopic (exact) mass is 402 g/mol. The number of hydrogen-bond donors (Lipinski definition) is 2. The minimum Gasteiger partial charge on any atom is -0.404 e. The van der Waals surface area contributed by atoms with Gasteiger partial charge in [0.05, 0.1) is 6.20 Å². The molecule has 29 heavy (non-hydrogen) atoms. The van der Waals surface area contributed by atoms with Gasteiger partial charge < -0.3 is 5.73 Å². The summed E-state index contributed by atoms with van der Waals surface area (Å²) in [4.78, 5) is 4.61. The molecule has 4 nitrogen and oxygen atoms in total. The van der Waals surface area contributed by atoms with E-state index in [0.29, 0.717) is 11.1 Å². The fourth-order valence-corrected chi connectivity index (χ4v) is 2.76. The first-order valence-electron chi connectivity index (χ1n) is 9.85. The summed E-state index contributed by atoms with van der Waals surface area (Å²) in [6.45, 7) is 13.0. The van der Waals surface area contributed by atoms with Crippen LogP contribution < -0.4 is 5.73 Å². The number of allylic oxidation sites excluding steroid dienone is 2. The van der Waals surface area contributed by atoms with Gasteiger partial charge in [0, 0.05) is 16.8 Å². The Morgan fingerprint density at radius 1 is 1.24 bits per heavy atom. The van der Waals surface area contributed by atoms with Crippen molar-refractivity contribution < 1.29 is 8.78 Å². The highest BCUT2D eigenvalue weighted by molar-refractivity contribution is 6.01. The molecule has 0 aliphatic heterocycles. The van der Waals surface area contributed by atoms with E-state index in [-0.39, 0.29) is 5.56 Å². The van der Waals surface area contributed by atoms with Crippen molar-refractivity contribution in [3.8, 4) is 0 Å². The van der Waals surface area contributed by atoms with Crippen LogP contribution in [0.1, 0.15) is 63.1 Å². The standard InChI is InChI=1S/C13H22N4.C10H10F2/c1-4-6-7-11(8-14)12(5-2)16-13-10(3)9-15-17-13;1-6(2)10-8(11)4-7(3)5-9(10)12/h8-9H,4-7,14H2,1-3H3,(H,15,17);4-5H,1H2,2-3H3/b11-8-,16-12+;. The third-order valence-corrected chi connectivity index (χ3v) is 4.37. The highest BCUT2D eigenvalue weighted by Gasteiger charge is 2.09. The van der Waals surface area contributed by atoms with Crippen LogP contribution in [0.3, 0.4) is 0 Å². The van der Waals surface area contributed by atoms with Crippen LogP contribution in [0.2, 0.25) is 0 Å². The minimum atomic E-state index is -0.542. The molecule has 2 aromatic rings. The first-order valence-corrected chi connectivity index (χ1v) is 9.85. The SMILES string of the molecule is C=C(C)c1c(F)cc(C)cc1F.CCCCC(=C/N)/C(CC)=N/c1[nH]ncc1C. The number of aromatic nitrogens is 2. The van der Waals surface area contributed by atoms with E-state index in [1.54, 1.807) is 26.2 Å². The molecule has 6 heteroatoms. The summed E-state index contributed by atoms with van der Waals surface area (Å²) in [5.74, 6) is -0.252. The molecule has 0 radical (unpaired) electrons. The molecule has 1 heterocycles. The Morgan fingerprint density at radius 3 is 2.28 bits per heavy atom. The summed E-state index contributed by atoms with van der Waals surface area (Å²) < 4.78 is 26.1. The molecule has 158 valence electrons. The van der Waals surface area contributed by atoms with E-state index in [0.717, 1.165) is 48.3 Å². The van der Waals surface area contributed by atoms with Gasteiger partial charge in [-0.2, -0.15) is 5.10 Å². The molecular weight excluding hydrogens is 370 g/mol. The van der Waals surface area contributed by atoms with E-state index < -0.39 is 11.6 Å². The Morgan fingerprint density at radius 2 is 1.86 bits per heavy atom. The number of nitrogens with zero attached hydrogens (tertiary/aromatic N) is 2. The van der Waals surface area contributed by atoms with E-state index in [1.165, 1.54) is 12.1 Å². The van der Waals surface area contributed by atoms with E-state index in [9.17, 15) is 8.78 Å². The Labute approximate surface area is 172 Å². The molecule has 0 unspecified atom stereocenters. The molecule has 0 atom stereocenters. The predicted molar refractivity (Wildman–Crippen MR) is 118 cm³/mol. The van der Waals surface area contributed by atoms with Gasteiger partial charge in [0.25, 0.3) is 0 Å². The Balaban J connectivity index is 0.000000308. The summed E-state index contributed by atoms with van der Waals surface area (Å²) in [6, 6.07) is 2.60. The van der Waals surface area contributed by atoms with Crippen LogP contribution in [0.5, 0.6) is 0 Å². The van der Waals surface area contributed by atoms with Crippen LogP contribution in [0.15, 0.2) is 41.7 Å². The summed E-state index contributed by atoms with van der Waals surface area (Å²) in [7, 11) is 0. The van der Waals surface area contributed by atoms with Crippen LogP contribution in [-0.4, -0.2) is 15.9 Å². The Hall–Kier alpha value is -2.76. The molecule has 0 aliphatic rings. The lowest BCUT2D eigenvalue weighted by Crippen LogP contribution is -2.04. The number of benzene rings is 1. The smallest absolute Gasteiger partial charge is 0.150 e. The lowest BCUT2D eigenvalue weighted by Gasteiger charge is -2.08. The Kier molecular flexibility index (Phi) is 10.00. The number of nitrogens with two attached hydrogens (primary N) is 1. The number of hydrogen-bond acceptors (Lipinski definition) is 3. The number of aromatic amines is 1. The van der Waals surface area contributed by atoms with Gasteiger partial charge in [0.2, 0.25) is 0 Å². The molecule has 0 saturated carbocycles. The van der Waals surface area contributed by atoms with Gasteiger partial charge in [0.1, 0.15) is 11.6 Å². The Bertz CT molecular complexity index is 856. The number of rotatable bonds is 7. The average molecular weight is 403 g/mol. The molecule has 0 saturated heterocycles. The first kappa shape index (κ1) is 24.3. The first-order chi connectivity index (χ1) is 13.7. The van der Waals surface area contributed by atoms with Crippen LogP contribution in [-0.2, 0) is 0 Å². The van der Waals surface area contributed by atoms with Crippen molar-refractivity contribution >= 4 is 17.1 Å². The largest absolute Gasteiger partial charge is 0.404 e. The fourth-order valence-electron chi connectivity index (χ4n) is 2.76. The van der Waals surface area contributed by atoms with Crippen molar-refractivity contribution in [3.05, 3.63) is 65.0 Å². The van der Waals surface area contributed by atoms with Crippen molar-refractivity contribution in [2.45, 2.75) is 60.3 Å². The second-order valence-electron chi connectivity index (χ2n) is 6.99. The highest BCUT2D eigenvalue weighted by Crippen LogP contribution is 2.21. The van der Waals surface area contributed by atoms with Gasteiger partial charge >= 0.3 is 0 Å². The van der Waals surface area contributed by atoms with Gasteiger partial charge in [-0.25, -0.2) is 13.8 Å². The second kappa shape index (κ2) is 11.9. The number of aliphatic imine (C=N–C) groups is 1. The molecular formula is C23H32F2N4. The van der Waals surface area contributed by atoms with Crippen LogP contribution in [0.4, 0.5) is 14.6 Å². The zero-order valence-electron chi connectivity index (χ0n) is 18.1. The van der Waals surface area contributed by atoms with E-state index in [4.69, 9.17) is 5.73 Å². The molecule has 1 aromatic heterocycles. The van der Waals surface area contributed by atoms with E-state index >= 15 is 0 Å². The van der Waals surface area contributed by atoms with Crippen LogP contribution in [0, 0.1) is 25.5 Å². The average Bonchev–Trinajstić information content (AvgIpc) is 3.05. The third kappa shape index (κ3) is 7.29. The van der Waals surface area contributed by atoms with Gasteiger partial charge in [0.15, 0.2) is 5.82 Å². The zero-order valence-corrected chi connectivity index (χ0v) is 18.1. The molecule has 0 aliphatic carbocycles. The number of H-pyrrole nitrogens is 1. The number of nitrogens with one attached hydrogen (secondary N) is 1. The lowest BCUT2D eigenvalue weighted by atomic mass is 10.0. The zero-order chi connectivity index (χ0) is 22.0. The van der Waals surface area contributed by atoms with Crippen LogP contribution >= 0.6 is 0 Å². The van der Waals surface area contributed by atoms with Gasteiger partial charge in [-0.3, -0.25) is 5.10 Å². The quantitative estimate of drug-likeness (QED) is 0.516. The summed E-state index contributed by atoms with van der Waals surface area (Å²) >= 11 is 0. The lowest BCUT2D eigenvalue weighted by molar-refractivity contribution is 0.575. The number of halogens is 2. The normalized spacial score (nSPS) is 11.8. The second-order valence-corrected chi connectivity index (χ2v) is 6.99. The van der Waals surface area contributed by atoms with Crippen molar-refractivity contribution in [2.24, 2.45) is 10.7 Å². The molecule has 0 amide bonds. The maximum Gasteiger partial charge on any atom is 0.150 e. The maximum atomic E-state index is 13.1. The molecule has 3 N–H and O–H groups in total. The van der Waals surface area contributed by atoms with E-state index in [2.05, 4.69) is 35.6 Å². The fraction of sp³-hybridized carbons (Fsp3) is 0.391. The minimum absolute atomic E-state index is 0.0133. The van der Waals surface area contributed by atoms with Crippen molar-refractivity contribution in [3.63, 3.8) is 0 Å². The van der Waals surface area contributed by atoms with Crippen molar-refractivity contribution in [1.29, 1.82) is 0 Å². The molecule has 2 rings (SSSR count). The van der Waals surface area contributed by atoms with Gasteiger partial charge in [-0.05, 0) is 75.1 Å². The van der Waals surface area contributed by atoms with E-state index in [1.807, 2.05) is 6.92 Å². The highest BCUT2D eigenvalue weighted by atomic mass is 19.1. The number of aryl methyl sites for hydroxylation is 2. The molecule has 0 bridgehead atoms. The van der Waals surface area contributed by atoms with Crippen molar-refractivity contribution in [2.75, 3.05) is 0 Å². The molecule has 0 spiro atoms. The summed E-state index contributed by atoms with van der Waals surface area (Å²) in [5.41, 5.74) is 9.91. The van der Waals surface area contributed by atoms with Crippen LogP contribution in [0.25, 0.3) is 5.57 Å². The molecule has 1 aromatic carbocycles. The van der Waals surface area contributed by atoms with Gasteiger partial charge in [-0.1, -0.05) is 26.8 Å². The number of unbranched alkanes of at least 4 members (excludes halogenated alkanes) is 1.